The van der Waals surface area contributed by atoms with Gasteiger partial charge in [0, 0.05) is 5.69 Å². The van der Waals surface area contributed by atoms with Crippen LogP contribution >= 0.6 is 11.3 Å². The van der Waals surface area contributed by atoms with E-state index in [1.165, 1.54) is 23.5 Å². The summed E-state index contributed by atoms with van der Waals surface area (Å²) < 4.78 is 0. The maximum atomic E-state index is 11.9. The zero-order chi connectivity index (χ0) is 14.1. The standard InChI is InChI=1S/C13H9N3O3S/c17-11-8-4-3-7(6-9(8)12(18)16-15-11)14-13(19)10-2-1-5-20-10/h1-6H,(H,14,19)(H,15,17)(H,16,18). The molecule has 2 heterocycles. The number of hydrogen-bond donors (Lipinski definition) is 3. The van der Waals surface area contributed by atoms with Crippen molar-refractivity contribution in [3.05, 3.63) is 61.3 Å². The van der Waals surface area contributed by atoms with Crippen molar-refractivity contribution in [3.8, 4) is 0 Å². The molecule has 6 nitrogen and oxygen atoms in total. The Bertz CT molecular complexity index is 893. The van der Waals surface area contributed by atoms with Crippen LogP contribution in [0.1, 0.15) is 9.67 Å². The summed E-state index contributed by atoms with van der Waals surface area (Å²) in [6.07, 6.45) is 0. The number of thiophene rings is 1. The van der Waals surface area contributed by atoms with Gasteiger partial charge in [-0.2, -0.15) is 0 Å². The number of anilines is 1. The van der Waals surface area contributed by atoms with Crippen molar-refractivity contribution in [3.63, 3.8) is 0 Å². The highest BCUT2D eigenvalue weighted by molar-refractivity contribution is 7.12. The first-order chi connectivity index (χ1) is 9.65. The number of hydrogen-bond acceptors (Lipinski definition) is 4. The zero-order valence-electron chi connectivity index (χ0n) is 10.1. The molecule has 0 unspecified atom stereocenters. The highest BCUT2D eigenvalue weighted by atomic mass is 32.1. The van der Waals surface area contributed by atoms with Crippen LogP contribution in [-0.4, -0.2) is 16.1 Å². The van der Waals surface area contributed by atoms with Gasteiger partial charge in [0.1, 0.15) is 0 Å². The smallest absolute Gasteiger partial charge is 0.270 e. The van der Waals surface area contributed by atoms with Crippen molar-refractivity contribution >= 4 is 33.7 Å². The van der Waals surface area contributed by atoms with Crippen molar-refractivity contribution in [2.75, 3.05) is 5.32 Å². The molecule has 20 heavy (non-hydrogen) atoms. The van der Waals surface area contributed by atoms with Gasteiger partial charge < -0.3 is 5.32 Å². The summed E-state index contributed by atoms with van der Waals surface area (Å²) in [5, 5.41) is 9.50. The average Bonchev–Trinajstić information content (AvgIpc) is 2.97. The topological polar surface area (TPSA) is 94.8 Å². The molecule has 0 spiro atoms. The molecule has 0 radical (unpaired) electrons. The number of fused-ring (bicyclic) bond motifs is 1. The summed E-state index contributed by atoms with van der Waals surface area (Å²) in [5.41, 5.74) is -0.324. The molecule has 7 heteroatoms. The third kappa shape index (κ3) is 2.14. The number of nitrogens with one attached hydrogen (secondary N) is 3. The summed E-state index contributed by atoms with van der Waals surface area (Å²) in [5.74, 6) is -0.249. The van der Waals surface area contributed by atoms with Crippen molar-refractivity contribution in [2.45, 2.75) is 0 Å². The number of carbonyl (C=O) groups excluding carboxylic acids is 1. The Kier molecular flexibility index (Phi) is 2.96. The van der Waals surface area contributed by atoms with Gasteiger partial charge in [-0.05, 0) is 29.6 Å². The highest BCUT2D eigenvalue weighted by Crippen LogP contribution is 2.16. The van der Waals surface area contributed by atoms with Gasteiger partial charge in [0.05, 0.1) is 15.6 Å². The van der Waals surface area contributed by atoms with E-state index in [1.807, 2.05) is 0 Å². The molecular weight excluding hydrogens is 278 g/mol. The van der Waals surface area contributed by atoms with E-state index in [0.717, 1.165) is 0 Å². The third-order valence-corrected chi connectivity index (χ3v) is 3.67. The summed E-state index contributed by atoms with van der Waals surface area (Å²) in [6.45, 7) is 0. The maximum Gasteiger partial charge on any atom is 0.270 e. The van der Waals surface area contributed by atoms with Gasteiger partial charge in [0.15, 0.2) is 0 Å². The fourth-order valence-electron chi connectivity index (χ4n) is 1.86. The van der Waals surface area contributed by atoms with Gasteiger partial charge in [-0.25, -0.2) is 0 Å². The first-order valence-corrected chi connectivity index (χ1v) is 6.63. The molecule has 3 aromatic rings. The largest absolute Gasteiger partial charge is 0.321 e. The molecule has 3 N–H and O–H groups in total. The Morgan fingerprint density at radius 3 is 2.50 bits per heavy atom. The average molecular weight is 287 g/mol. The lowest BCUT2D eigenvalue weighted by Gasteiger charge is -2.04. The van der Waals surface area contributed by atoms with Crippen molar-refractivity contribution in [1.29, 1.82) is 0 Å². The van der Waals surface area contributed by atoms with Crippen LogP contribution in [-0.2, 0) is 0 Å². The van der Waals surface area contributed by atoms with Gasteiger partial charge >= 0.3 is 0 Å². The second-order valence-corrected chi connectivity index (χ2v) is 5.05. The lowest BCUT2D eigenvalue weighted by atomic mass is 10.2. The van der Waals surface area contributed by atoms with E-state index in [1.54, 1.807) is 23.6 Å². The van der Waals surface area contributed by atoms with Crippen LogP contribution in [0.2, 0.25) is 0 Å². The fraction of sp³-hybridized carbons (Fsp3) is 0. The number of carbonyl (C=O) groups is 1. The van der Waals surface area contributed by atoms with Gasteiger partial charge in [0.25, 0.3) is 17.0 Å². The van der Waals surface area contributed by atoms with E-state index in [-0.39, 0.29) is 22.2 Å². The Balaban J connectivity index is 2.02. The van der Waals surface area contributed by atoms with Crippen LogP contribution < -0.4 is 16.4 Å². The molecule has 0 saturated heterocycles. The van der Waals surface area contributed by atoms with E-state index in [2.05, 4.69) is 15.5 Å². The molecule has 1 amide bonds. The fourth-order valence-corrected chi connectivity index (χ4v) is 2.48. The molecule has 0 aliphatic heterocycles. The molecular formula is C13H9N3O3S. The monoisotopic (exact) mass is 287 g/mol. The Labute approximate surface area is 116 Å². The molecule has 0 saturated carbocycles. The van der Waals surface area contributed by atoms with E-state index in [0.29, 0.717) is 10.6 Å². The molecule has 3 rings (SSSR count). The summed E-state index contributed by atoms with van der Waals surface area (Å²) in [6, 6.07) is 8.06. The van der Waals surface area contributed by atoms with Gasteiger partial charge in [-0.3, -0.25) is 24.6 Å². The second-order valence-electron chi connectivity index (χ2n) is 4.10. The van der Waals surface area contributed by atoms with Gasteiger partial charge in [0.2, 0.25) is 0 Å². The summed E-state index contributed by atoms with van der Waals surface area (Å²) in [4.78, 5) is 35.7. The highest BCUT2D eigenvalue weighted by Gasteiger charge is 2.09. The first-order valence-electron chi connectivity index (χ1n) is 5.75. The Hall–Kier alpha value is -2.67. The number of H-pyrrole nitrogens is 2. The van der Waals surface area contributed by atoms with Crippen LogP contribution in [0.4, 0.5) is 5.69 Å². The van der Waals surface area contributed by atoms with Gasteiger partial charge in [-0.15, -0.1) is 11.3 Å². The van der Waals surface area contributed by atoms with Gasteiger partial charge in [-0.1, -0.05) is 6.07 Å². The summed E-state index contributed by atoms with van der Waals surface area (Å²) in [7, 11) is 0. The van der Waals surface area contributed by atoms with Crippen molar-refractivity contribution in [2.24, 2.45) is 0 Å². The number of amides is 1. The van der Waals surface area contributed by atoms with Crippen LogP contribution in [0.3, 0.4) is 0 Å². The normalized spacial score (nSPS) is 10.6. The zero-order valence-corrected chi connectivity index (χ0v) is 10.9. The first kappa shape index (κ1) is 12.4. The van der Waals surface area contributed by atoms with Crippen LogP contribution in [0, 0.1) is 0 Å². The maximum absolute atomic E-state index is 11.9. The SMILES string of the molecule is O=C(Nc1ccc2c(=O)[nH][nH]c(=O)c2c1)c1cccs1. The molecule has 0 fully saturated rings. The number of aromatic amines is 2. The molecule has 100 valence electrons. The minimum atomic E-state index is -0.410. The molecule has 0 aliphatic carbocycles. The van der Waals surface area contributed by atoms with Crippen molar-refractivity contribution < 1.29 is 4.79 Å². The quantitative estimate of drug-likeness (QED) is 0.667. The number of aromatic nitrogens is 2. The van der Waals surface area contributed by atoms with Crippen LogP contribution in [0.15, 0.2) is 45.3 Å². The number of benzene rings is 1. The Morgan fingerprint density at radius 2 is 1.80 bits per heavy atom. The Morgan fingerprint density at radius 1 is 1.05 bits per heavy atom. The second kappa shape index (κ2) is 4.78. The lowest BCUT2D eigenvalue weighted by Crippen LogP contribution is -2.19. The molecule has 0 atom stereocenters. The predicted octanol–water partition coefficient (Wildman–Crippen LogP) is 1.53. The molecule has 0 aliphatic rings. The van der Waals surface area contributed by atoms with E-state index >= 15 is 0 Å². The van der Waals surface area contributed by atoms with Crippen LogP contribution in [0.5, 0.6) is 0 Å². The molecule has 0 bridgehead atoms. The summed E-state index contributed by atoms with van der Waals surface area (Å²) >= 11 is 1.32. The van der Waals surface area contributed by atoms with E-state index in [9.17, 15) is 14.4 Å². The molecule has 1 aromatic carbocycles. The minimum Gasteiger partial charge on any atom is -0.321 e. The van der Waals surface area contributed by atoms with Crippen molar-refractivity contribution in [1.82, 2.24) is 10.2 Å². The minimum absolute atomic E-state index is 0.234. The molecule has 2 aromatic heterocycles. The van der Waals surface area contributed by atoms with E-state index < -0.39 is 5.56 Å². The lowest BCUT2D eigenvalue weighted by molar-refractivity contribution is 0.103. The third-order valence-electron chi connectivity index (χ3n) is 2.80. The van der Waals surface area contributed by atoms with Crippen LogP contribution in [0.25, 0.3) is 10.8 Å². The van der Waals surface area contributed by atoms with E-state index in [4.69, 9.17) is 0 Å². The number of rotatable bonds is 2. The predicted molar refractivity (Wildman–Crippen MR) is 77.5 cm³/mol.